The van der Waals surface area contributed by atoms with Crippen molar-refractivity contribution in [2.75, 3.05) is 20.2 Å². The predicted molar refractivity (Wildman–Crippen MR) is 81.7 cm³/mol. The number of hydrogen-bond donors (Lipinski definition) is 1. The van der Waals surface area contributed by atoms with Crippen molar-refractivity contribution >= 4 is 5.91 Å². The number of hydrogen-bond acceptors (Lipinski definition) is 3. The summed E-state index contributed by atoms with van der Waals surface area (Å²) in [5.74, 6) is 6.39. The van der Waals surface area contributed by atoms with Crippen molar-refractivity contribution < 1.29 is 9.90 Å². The summed E-state index contributed by atoms with van der Waals surface area (Å²) in [6, 6.07) is 1.77. The number of carbonyl (C=O) groups is 1. The quantitative estimate of drug-likeness (QED) is 0.862. The van der Waals surface area contributed by atoms with Crippen molar-refractivity contribution in [2.24, 2.45) is 5.92 Å². The van der Waals surface area contributed by atoms with Gasteiger partial charge in [-0.3, -0.25) is 9.78 Å². The van der Waals surface area contributed by atoms with Crippen molar-refractivity contribution in [1.29, 1.82) is 0 Å². The van der Waals surface area contributed by atoms with Crippen molar-refractivity contribution in [2.45, 2.75) is 32.1 Å². The van der Waals surface area contributed by atoms with Crippen LogP contribution in [0.15, 0.2) is 18.5 Å². The van der Waals surface area contributed by atoms with Gasteiger partial charge in [0.25, 0.3) is 5.91 Å². The minimum absolute atomic E-state index is 0.000193. The summed E-state index contributed by atoms with van der Waals surface area (Å²) in [6.45, 7) is 0.864. The van der Waals surface area contributed by atoms with Crippen LogP contribution >= 0.6 is 0 Å². The van der Waals surface area contributed by atoms with Crippen molar-refractivity contribution in [3.05, 3.63) is 29.6 Å². The lowest BCUT2D eigenvalue weighted by Gasteiger charge is -2.21. The largest absolute Gasteiger partial charge is 0.395 e. The molecule has 112 valence electrons. The van der Waals surface area contributed by atoms with Gasteiger partial charge in [-0.25, -0.2) is 0 Å². The van der Waals surface area contributed by atoms with Gasteiger partial charge in [-0.05, 0) is 24.8 Å². The van der Waals surface area contributed by atoms with Crippen LogP contribution in [0.2, 0.25) is 0 Å². The summed E-state index contributed by atoms with van der Waals surface area (Å²) in [4.78, 5) is 18.3. The molecule has 1 saturated carbocycles. The van der Waals surface area contributed by atoms with Crippen LogP contribution in [0.25, 0.3) is 0 Å². The minimum Gasteiger partial charge on any atom is -0.395 e. The van der Waals surface area contributed by atoms with Crippen molar-refractivity contribution in [1.82, 2.24) is 9.88 Å². The van der Waals surface area contributed by atoms with Gasteiger partial charge in [0.1, 0.15) is 0 Å². The highest BCUT2D eigenvalue weighted by atomic mass is 16.2. The van der Waals surface area contributed by atoms with Crippen LogP contribution < -0.4 is 0 Å². The smallest absolute Gasteiger partial charge is 0.255 e. The molecule has 0 atom stereocenters. The molecule has 1 aromatic heterocycles. The summed E-state index contributed by atoms with van der Waals surface area (Å²) in [5.41, 5.74) is 1.29. The molecule has 4 nitrogen and oxygen atoms in total. The number of aromatic nitrogens is 1. The number of carbonyl (C=O) groups excluding carboxylic acids is 1. The monoisotopic (exact) mass is 286 g/mol. The van der Waals surface area contributed by atoms with Crippen molar-refractivity contribution in [3.63, 3.8) is 0 Å². The first kappa shape index (κ1) is 15.5. The fourth-order valence-electron chi connectivity index (χ4n) is 2.73. The first-order valence-electron chi connectivity index (χ1n) is 7.51. The second-order valence-electron chi connectivity index (χ2n) is 5.57. The van der Waals surface area contributed by atoms with Gasteiger partial charge >= 0.3 is 0 Å². The molecule has 1 fully saturated rings. The van der Waals surface area contributed by atoms with E-state index in [9.17, 15) is 4.79 Å². The molecule has 1 N–H and O–H groups in total. The summed E-state index contributed by atoms with van der Waals surface area (Å²) < 4.78 is 0. The molecule has 1 aliphatic rings. The van der Waals surface area contributed by atoms with Crippen LogP contribution in [0.4, 0.5) is 0 Å². The number of pyridine rings is 1. The average Bonchev–Trinajstić information content (AvgIpc) is 3.00. The van der Waals surface area contributed by atoms with E-state index in [2.05, 4.69) is 16.8 Å². The number of nitrogens with zero attached hydrogens (tertiary/aromatic N) is 2. The topological polar surface area (TPSA) is 53.4 Å². The van der Waals surface area contributed by atoms with Gasteiger partial charge in [0.05, 0.1) is 12.2 Å². The highest BCUT2D eigenvalue weighted by Crippen LogP contribution is 2.25. The van der Waals surface area contributed by atoms with E-state index in [0.29, 0.717) is 23.5 Å². The molecule has 0 saturated heterocycles. The molecule has 1 aromatic rings. The minimum atomic E-state index is 0.000193. The summed E-state index contributed by atoms with van der Waals surface area (Å²) in [6.07, 6.45) is 8.67. The first-order valence-corrected chi connectivity index (χ1v) is 7.51. The first-order chi connectivity index (χ1) is 10.2. The van der Waals surface area contributed by atoms with E-state index in [1.165, 1.54) is 25.7 Å². The van der Waals surface area contributed by atoms with Crippen molar-refractivity contribution in [3.8, 4) is 11.8 Å². The zero-order valence-corrected chi connectivity index (χ0v) is 12.5. The van der Waals surface area contributed by atoms with Gasteiger partial charge in [-0.15, -0.1) is 0 Å². The van der Waals surface area contributed by atoms with E-state index < -0.39 is 0 Å². The molecule has 0 bridgehead atoms. The lowest BCUT2D eigenvalue weighted by Crippen LogP contribution is -2.31. The number of aliphatic hydroxyl groups excluding tert-OH is 1. The Morgan fingerprint density at radius 1 is 1.43 bits per heavy atom. The summed E-state index contributed by atoms with van der Waals surface area (Å²) >= 11 is 0. The highest BCUT2D eigenvalue weighted by Gasteiger charge is 2.20. The molecule has 0 unspecified atom stereocenters. The van der Waals surface area contributed by atoms with Gasteiger partial charge in [0, 0.05) is 38.0 Å². The van der Waals surface area contributed by atoms with Gasteiger partial charge in [-0.2, -0.15) is 0 Å². The third kappa shape index (κ3) is 4.57. The average molecular weight is 286 g/mol. The molecular formula is C17H22N2O2. The Morgan fingerprint density at radius 2 is 2.19 bits per heavy atom. The molecule has 0 aromatic carbocycles. The lowest BCUT2D eigenvalue weighted by molar-refractivity contribution is 0.0773. The summed E-state index contributed by atoms with van der Waals surface area (Å²) in [7, 11) is 1.85. The zero-order chi connectivity index (χ0) is 15.1. The third-order valence-corrected chi connectivity index (χ3v) is 3.81. The highest BCUT2D eigenvalue weighted by molar-refractivity contribution is 5.94. The molecule has 2 rings (SSSR count). The van der Waals surface area contributed by atoms with E-state index in [-0.39, 0.29) is 12.5 Å². The second-order valence-corrected chi connectivity index (χ2v) is 5.57. The predicted octanol–water partition coefficient (Wildman–Crippen LogP) is 2.08. The number of aliphatic hydroxyl groups is 1. The molecule has 0 aliphatic heterocycles. The fraction of sp³-hybridized carbons (Fsp3) is 0.529. The van der Waals surface area contributed by atoms with Gasteiger partial charge in [0.2, 0.25) is 0 Å². The summed E-state index contributed by atoms with van der Waals surface area (Å²) in [5, 5.41) is 8.72. The number of amides is 1. The van der Waals surface area contributed by atoms with E-state index in [0.717, 1.165) is 6.54 Å². The van der Waals surface area contributed by atoms with Gasteiger partial charge in [-0.1, -0.05) is 24.7 Å². The molecule has 4 heteroatoms. The Balaban J connectivity index is 2.01. The van der Waals surface area contributed by atoms with E-state index >= 15 is 0 Å². The molecule has 1 aliphatic carbocycles. The number of rotatable bonds is 4. The molecule has 0 radical (unpaired) electrons. The lowest BCUT2D eigenvalue weighted by atomic mass is 10.1. The standard InChI is InChI=1S/C17H22N2O2/c1-19(13-14-6-2-3-7-14)17(21)16-10-15(11-18-12-16)8-4-5-9-20/h10-12,14,20H,2-3,5-7,9,13H2,1H3. The van der Waals surface area contributed by atoms with Crippen LogP contribution in [-0.4, -0.2) is 41.1 Å². The van der Waals surface area contributed by atoms with Crippen LogP contribution in [0, 0.1) is 17.8 Å². The molecule has 21 heavy (non-hydrogen) atoms. The Bertz CT molecular complexity index is 539. The van der Waals surface area contributed by atoms with Crippen LogP contribution in [0.3, 0.4) is 0 Å². The molecule has 1 heterocycles. The third-order valence-electron chi connectivity index (χ3n) is 3.81. The Hall–Kier alpha value is -1.86. The molecular weight excluding hydrogens is 264 g/mol. The maximum absolute atomic E-state index is 12.4. The Morgan fingerprint density at radius 3 is 2.90 bits per heavy atom. The van der Waals surface area contributed by atoms with Crippen LogP contribution in [-0.2, 0) is 0 Å². The fourth-order valence-corrected chi connectivity index (χ4v) is 2.73. The normalized spacial score (nSPS) is 14.6. The maximum atomic E-state index is 12.4. The van der Waals surface area contributed by atoms with E-state index in [1.54, 1.807) is 23.4 Å². The second kappa shape index (κ2) is 7.80. The molecule has 1 amide bonds. The van der Waals surface area contributed by atoms with E-state index in [4.69, 9.17) is 5.11 Å². The zero-order valence-electron chi connectivity index (χ0n) is 12.5. The van der Waals surface area contributed by atoms with E-state index in [1.807, 2.05) is 7.05 Å². The molecule has 0 spiro atoms. The van der Waals surface area contributed by atoms with Crippen LogP contribution in [0.1, 0.15) is 48.0 Å². The van der Waals surface area contributed by atoms with Crippen LogP contribution in [0.5, 0.6) is 0 Å². The Labute approximate surface area is 126 Å². The Kier molecular flexibility index (Phi) is 5.77. The van der Waals surface area contributed by atoms with Gasteiger partial charge < -0.3 is 10.0 Å². The maximum Gasteiger partial charge on any atom is 0.255 e. The van der Waals surface area contributed by atoms with Gasteiger partial charge in [0.15, 0.2) is 0 Å². The SMILES string of the molecule is CN(CC1CCCC1)C(=O)c1cncc(C#CCCO)c1.